The topological polar surface area (TPSA) is 25.8 Å². The van der Waals surface area contributed by atoms with Crippen molar-refractivity contribution in [3.8, 4) is 0 Å². The van der Waals surface area contributed by atoms with Crippen molar-refractivity contribution in [3.63, 3.8) is 0 Å². The highest BCUT2D eigenvalue weighted by Gasteiger charge is 2.06. The third-order valence-electron chi connectivity index (χ3n) is 1.90. The summed E-state index contributed by atoms with van der Waals surface area (Å²) >= 11 is 5.97. The van der Waals surface area contributed by atoms with Crippen molar-refractivity contribution >= 4 is 17.2 Å². The quantitative estimate of drug-likeness (QED) is 0.679. The third kappa shape index (κ3) is 2.28. The standard InChI is InChI=1S/C10H13ClN2/c1-4-5-7(2)9-8(3)12-6-13-10(9)11/h5-6H,4H2,1-3H3/b7-5-. The zero-order valence-electron chi connectivity index (χ0n) is 8.13. The Kier molecular flexibility index (Phi) is 3.43. The summed E-state index contributed by atoms with van der Waals surface area (Å²) in [7, 11) is 0. The van der Waals surface area contributed by atoms with Crippen LogP contribution in [-0.2, 0) is 0 Å². The predicted molar refractivity (Wildman–Crippen MR) is 55.7 cm³/mol. The second-order valence-corrected chi connectivity index (χ2v) is 3.28. The Labute approximate surface area is 83.7 Å². The van der Waals surface area contributed by atoms with Crippen molar-refractivity contribution in [2.24, 2.45) is 0 Å². The molecule has 0 N–H and O–H groups in total. The van der Waals surface area contributed by atoms with E-state index in [9.17, 15) is 0 Å². The van der Waals surface area contributed by atoms with Gasteiger partial charge < -0.3 is 0 Å². The van der Waals surface area contributed by atoms with Gasteiger partial charge in [0.1, 0.15) is 11.5 Å². The summed E-state index contributed by atoms with van der Waals surface area (Å²) in [4.78, 5) is 8.06. The van der Waals surface area contributed by atoms with Crippen LogP contribution in [0, 0.1) is 6.92 Å². The van der Waals surface area contributed by atoms with Crippen molar-refractivity contribution in [1.29, 1.82) is 0 Å². The molecule has 0 fully saturated rings. The van der Waals surface area contributed by atoms with Crippen LogP contribution < -0.4 is 0 Å². The largest absolute Gasteiger partial charge is 0.241 e. The maximum absolute atomic E-state index is 5.97. The first kappa shape index (κ1) is 10.2. The maximum Gasteiger partial charge on any atom is 0.140 e. The number of hydrogen-bond donors (Lipinski definition) is 0. The molecule has 0 atom stereocenters. The van der Waals surface area contributed by atoms with Gasteiger partial charge in [0, 0.05) is 11.3 Å². The lowest BCUT2D eigenvalue weighted by Gasteiger charge is -2.05. The van der Waals surface area contributed by atoms with Crippen LogP contribution in [0.1, 0.15) is 31.5 Å². The molecule has 1 heterocycles. The van der Waals surface area contributed by atoms with Gasteiger partial charge in [-0.1, -0.05) is 24.6 Å². The second-order valence-electron chi connectivity index (χ2n) is 2.92. The molecule has 0 aliphatic rings. The Hall–Kier alpha value is -0.890. The van der Waals surface area contributed by atoms with Crippen LogP contribution in [0.3, 0.4) is 0 Å². The number of aryl methyl sites for hydroxylation is 1. The molecular weight excluding hydrogens is 184 g/mol. The van der Waals surface area contributed by atoms with E-state index in [0.29, 0.717) is 5.15 Å². The molecular formula is C10H13ClN2. The second kappa shape index (κ2) is 4.38. The van der Waals surface area contributed by atoms with E-state index in [1.807, 2.05) is 13.8 Å². The van der Waals surface area contributed by atoms with E-state index in [1.54, 1.807) is 0 Å². The van der Waals surface area contributed by atoms with Gasteiger partial charge in [-0.05, 0) is 25.8 Å². The fraction of sp³-hybridized carbons (Fsp3) is 0.400. The summed E-state index contributed by atoms with van der Waals surface area (Å²) < 4.78 is 0. The predicted octanol–water partition coefficient (Wildman–Crippen LogP) is 3.25. The lowest BCUT2D eigenvalue weighted by molar-refractivity contribution is 1.08. The first-order valence-corrected chi connectivity index (χ1v) is 4.68. The number of rotatable bonds is 2. The smallest absolute Gasteiger partial charge is 0.140 e. The van der Waals surface area contributed by atoms with Crippen LogP contribution in [-0.4, -0.2) is 9.97 Å². The normalized spacial score (nSPS) is 11.8. The van der Waals surface area contributed by atoms with Gasteiger partial charge in [0.2, 0.25) is 0 Å². The van der Waals surface area contributed by atoms with Crippen molar-refractivity contribution in [3.05, 3.63) is 28.8 Å². The average molecular weight is 197 g/mol. The molecule has 1 rings (SSSR count). The molecule has 0 aliphatic heterocycles. The molecule has 0 bridgehead atoms. The van der Waals surface area contributed by atoms with Crippen molar-refractivity contribution < 1.29 is 0 Å². The molecule has 0 unspecified atom stereocenters. The van der Waals surface area contributed by atoms with Gasteiger partial charge in [0.05, 0.1) is 0 Å². The van der Waals surface area contributed by atoms with E-state index in [2.05, 4.69) is 23.0 Å². The van der Waals surface area contributed by atoms with Gasteiger partial charge in [-0.25, -0.2) is 9.97 Å². The van der Waals surface area contributed by atoms with Gasteiger partial charge in [-0.15, -0.1) is 0 Å². The summed E-state index contributed by atoms with van der Waals surface area (Å²) in [5.41, 5.74) is 3.04. The molecule has 13 heavy (non-hydrogen) atoms. The molecule has 0 amide bonds. The van der Waals surface area contributed by atoms with E-state index in [4.69, 9.17) is 11.6 Å². The molecule has 0 aromatic carbocycles. The Morgan fingerprint density at radius 2 is 2.23 bits per heavy atom. The van der Waals surface area contributed by atoms with Gasteiger partial charge in [0.15, 0.2) is 0 Å². The summed E-state index contributed by atoms with van der Waals surface area (Å²) in [6.07, 6.45) is 4.61. The van der Waals surface area contributed by atoms with Gasteiger partial charge in [0.25, 0.3) is 0 Å². The molecule has 0 radical (unpaired) electrons. The average Bonchev–Trinajstić information content (AvgIpc) is 2.04. The fourth-order valence-corrected chi connectivity index (χ4v) is 1.63. The zero-order valence-corrected chi connectivity index (χ0v) is 8.89. The monoisotopic (exact) mass is 196 g/mol. The highest BCUT2D eigenvalue weighted by atomic mass is 35.5. The SMILES string of the molecule is CC/C=C(/C)c1c(C)ncnc1Cl. The molecule has 0 saturated carbocycles. The number of allylic oxidation sites excluding steroid dienone is 2. The number of nitrogens with zero attached hydrogens (tertiary/aromatic N) is 2. The lowest BCUT2D eigenvalue weighted by atomic mass is 10.1. The number of hydrogen-bond acceptors (Lipinski definition) is 2. The summed E-state index contributed by atoms with van der Waals surface area (Å²) in [6.45, 7) is 6.06. The third-order valence-corrected chi connectivity index (χ3v) is 2.18. The van der Waals surface area contributed by atoms with E-state index < -0.39 is 0 Å². The molecule has 0 saturated heterocycles. The summed E-state index contributed by atoms with van der Waals surface area (Å²) in [6, 6.07) is 0. The van der Waals surface area contributed by atoms with E-state index >= 15 is 0 Å². The van der Waals surface area contributed by atoms with E-state index in [0.717, 1.165) is 23.3 Å². The van der Waals surface area contributed by atoms with E-state index in [-0.39, 0.29) is 0 Å². The Bertz CT molecular complexity index is 311. The van der Waals surface area contributed by atoms with Crippen molar-refractivity contribution in [1.82, 2.24) is 9.97 Å². The molecule has 70 valence electrons. The Morgan fingerprint density at radius 1 is 1.54 bits per heavy atom. The van der Waals surface area contributed by atoms with Gasteiger partial charge >= 0.3 is 0 Å². The van der Waals surface area contributed by atoms with Gasteiger partial charge in [-0.3, -0.25) is 0 Å². The molecule has 1 aromatic heterocycles. The van der Waals surface area contributed by atoms with Gasteiger partial charge in [-0.2, -0.15) is 0 Å². The van der Waals surface area contributed by atoms with Crippen LogP contribution in [0.2, 0.25) is 5.15 Å². The first-order chi connectivity index (χ1) is 6.16. The number of aromatic nitrogens is 2. The molecule has 3 heteroatoms. The lowest BCUT2D eigenvalue weighted by Crippen LogP contribution is -1.93. The molecule has 1 aromatic rings. The Morgan fingerprint density at radius 3 is 2.77 bits per heavy atom. The summed E-state index contributed by atoms with van der Waals surface area (Å²) in [5, 5.41) is 0.537. The minimum atomic E-state index is 0.537. The van der Waals surface area contributed by atoms with Crippen LogP contribution in [0.5, 0.6) is 0 Å². The van der Waals surface area contributed by atoms with Crippen LogP contribution >= 0.6 is 11.6 Å². The fourth-order valence-electron chi connectivity index (χ4n) is 1.30. The van der Waals surface area contributed by atoms with Crippen LogP contribution in [0.4, 0.5) is 0 Å². The van der Waals surface area contributed by atoms with E-state index in [1.165, 1.54) is 6.33 Å². The zero-order chi connectivity index (χ0) is 9.84. The molecule has 2 nitrogen and oxygen atoms in total. The summed E-state index contributed by atoms with van der Waals surface area (Å²) in [5.74, 6) is 0. The van der Waals surface area contributed by atoms with Crippen molar-refractivity contribution in [2.75, 3.05) is 0 Å². The molecule has 0 aliphatic carbocycles. The van der Waals surface area contributed by atoms with Crippen molar-refractivity contribution in [2.45, 2.75) is 27.2 Å². The number of halogens is 1. The van der Waals surface area contributed by atoms with Crippen LogP contribution in [0.25, 0.3) is 5.57 Å². The minimum Gasteiger partial charge on any atom is -0.241 e. The van der Waals surface area contributed by atoms with Crippen LogP contribution in [0.15, 0.2) is 12.4 Å². The maximum atomic E-state index is 5.97. The first-order valence-electron chi connectivity index (χ1n) is 4.31. The highest BCUT2D eigenvalue weighted by Crippen LogP contribution is 2.23. The molecule has 0 spiro atoms. The Balaban J connectivity index is 3.20. The minimum absolute atomic E-state index is 0.537. The highest BCUT2D eigenvalue weighted by molar-refractivity contribution is 6.31.